The van der Waals surface area contributed by atoms with Gasteiger partial charge in [0.05, 0.1) is 7.11 Å². The summed E-state index contributed by atoms with van der Waals surface area (Å²) in [6.07, 6.45) is 6.12. The van der Waals surface area contributed by atoms with Gasteiger partial charge in [-0.05, 0) is 55.9 Å². The smallest absolute Gasteiger partial charge is 0.259 e. The van der Waals surface area contributed by atoms with E-state index in [0.29, 0.717) is 17.3 Å². The van der Waals surface area contributed by atoms with E-state index >= 15 is 0 Å². The lowest BCUT2D eigenvalue weighted by Crippen LogP contribution is -2.39. The molecule has 1 aromatic carbocycles. The van der Waals surface area contributed by atoms with Crippen LogP contribution in [0, 0.1) is 5.92 Å². The summed E-state index contributed by atoms with van der Waals surface area (Å²) in [5.74, 6) is 2.98. The van der Waals surface area contributed by atoms with Crippen LogP contribution in [0.25, 0.3) is 11.4 Å². The number of benzene rings is 1. The number of ether oxygens (including phenoxy) is 1. The molecule has 2 saturated heterocycles. The van der Waals surface area contributed by atoms with E-state index in [1.807, 2.05) is 29.2 Å². The number of likely N-dealkylation sites (tertiary alicyclic amines) is 1. The van der Waals surface area contributed by atoms with Gasteiger partial charge in [-0.25, -0.2) is 9.97 Å². The van der Waals surface area contributed by atoms with Crippen molar-refractivity contribution in [3.8, 4) is 17.1 Å². The summed E-state index contributed by atoms with van der Waals surface area (Å²) >= 11 is 0. The standard InChI is InChI=1S/C22H28N4O2/c1-16-9-13-26(14-10-16)22(27)19-15-23-20(17-5-7-18(28-2)8-6-17)24-21(19)25-11-3-4-12-25/h5-8,15-16H,3-4,9-14H2,1-2H3. The van der Waals surface area contributed by atoms with Gasteiger partial charge >= 0.3 is 0 Å². The Balaban J connectivity index is 1.66. The Morgan fingerprint density at radius 3 is 2.39 bits per heavy atom. The number of anilines is 1. The van der Waals surface area contributed by atoms with Crippen LogP contribution < -0.4 is 9.64 Å². The summed E-state index contributed by atoms with van der Waals surface area (Å²) in [5, 5.41) is 0. The molecule has 0 unspecified atom stereocenters. The number of piperidine rings is 1. The van der Waals surface area contributed by atoms with Gasteiger partial charge in [-0.2, -0.15) is 0 Å². The maximum Gasteiger partial charge on any atom is 0.259 e. The van der Waals surface area contributed by atoms with Crippen molar-refractivity contribution in [1.82, 2.24) is 14.9 Å². The number of aromatic nitrogens is 2. The molecule has 0 saturated carbocycles. The van der Waals surface area contributed by atoms with Crippen LogP contribution in [0.15, 0.2) is 30.5 Å². The van der Waals surface area contributed by atoms with Crippen LogP contribution in [-0.4, -0.2) is 54.1 Å². The van der Waals surface area contributed by atoms with Crippen molar-refractivity contribution in [3.05, 3.63) is 36.0 Å². The fraction of sp³-hybridized carbons (Fsp3) is 0.500. The Bertz CT molecular complexity index is 823. The molecule has 2 aliphatic rings. The van der Waals surface area contributed by atoms with Crippen LogP contribution in [0.2, 0.25) is 0 Å². The van der Waals surface area contributed by atoms with Crippen molar-refractivity contribution in [3.63, 3.8) is 0 Å². The minimum absolute atomic E-state index is 0.0649. The molecule has 0 atom stereocenters. The zero-order chi connectivity index (χ0) is 19.5. The van der Waals surface area contributed by atoms with Crippen molar-refractivity contribution in [2.24, 2.45) is 5.92 Å². The van der Waals surface area contributed by atoms with Gasteiger partial charge in [0.2, 0.25) is 0 Å². The Hall–Kier alpha value is -2.63. The van der Waals surface area contributed by atoms with Gasteiger partial charge in [0, 0.05) is 37.9 Å². The maximum absolute atomic E-state index is 13.2. The molecule has 0 spiro atoms. The normalized spacial score (nSPS) is 17.8. The van der Waals surface area contributed by atoms with Crippen LogP contribution in [0.4, 0.5) is 5.82 Å². The zero-order valence-corrected chi connectivity index (χ0v) is 16.7. The third kappa shape index (κ3) is 3.81. The number of amides is 1. The summed E-state index contributed by atoms with van der Waals surface area (Å²) in [6.45, 7) is 5.77. The van der Waals surface area contributed by atoms with Crippen molar-refractivity contribution < 1.29 is 9.53 Å². The SMILES string of the molecule is COc1ccc(-c2ncc(C(=O)N3CCC(C)CC3)c(N3CCCC3)n2)cc1. The Labute approximate surface area is 166 Å². The Kier molecular flexibility index (Phi) is 5.46. The number of carbonyl (C=O) groups excluding carboxylic acids is 1. The summed E-state index contributed by atoms with van der Waals surface area (Å²) < 4.78 is 5.24. The van der Waals surface area contributed by atoms with E-state index in [1.165, 1.54) is 0 Å². The Morgan fingerprint density at radius 1 is 1.07 bits per heavy atom. The Morgan fingerprint density at radius 2 is 1.75 bits per heavy atom. The number of rotatable bonds is 4. The largest absolute Gasteiger partial charge is 0.497 e. The molecule has 2 aromatic rings. The third-order valence-electron chi connectivity index (χ3n) is 5.82. The quantitative estimate of drug-likeness (QED) is 0.811. The molecule has 2 aliphatic heterocycles. The summed E-state index contributed by atoms with van der Waals surface area (Å²) in [5.41, 5.74) is 1.56. The molecule has 1 amide bonds. The van der Waals surface area contributed by atoms with Gasteiger partial charge < -0.3 is 14.5 Å². The van der Waals surface area contributed by atoms with Gasteiger partial charge in [0.1, 0.15) is 17.1 Å². The highest BCUT2D eigenvalue weighted by molar-refractivity contribution is 5.99. The highest BCUT2D eigenvalue weighted by Crippen LogP contribution is 2.28. The molecule has 0 radical (unpaired) electrons. The number of carbonyl (C=O) groups is 1. The van der Waals surface area contributed by atoms with Gasteiger partial charge in [-0.3, -0.25) is 4.79 Å². The first-order chi connectivity index (χ1) is 13.7. The average molecular weight is 380 g/mol. The molecule has 3 heterocycles. The first kappa shape index (κ1) is 18.7. The van der Waals surface area contributed by atoms with Crippen LogP contribution in [0.1, 0.15) is 43.0 Å². The fourth-order valence-electron chi connectivity index (χ4n) is 3.95. The van der Waals surface area contributed by atoms with Crippen molar-refractivity contribution in [1.29, 1.82) is 0 Å². The maximum atomic E-state index is 13.2. The molecule has 0 aliphatic carbocycles. The molecule has 1 aromatic heterocycles. The lowest BCUT2D eigenvalue weighted by Gasteiger charge is -2.31. The van der Waals surface area contributed by atoms with E-state index in [1.54, 1.807) is 13.3 Å². The van der Waals surface area contributed by atoms with E-state index < -0.39 is 0 Å². The van der Waals surface area contributed by atoms with E-state index in [4.69, 9.17) is 9.72 Å². The average Bonchev–Trinajstić information content (AvgIpc) is 3.28. The molecule has 0 N–H and O–H groups in total. The summed E-state index contributed by atoms with van der Waals surface area (Å²) in [7, 11) is 1.65. The predicted octanol–water partition coefficient (Wildman–Crippen LogP) is 3.62. The monoisotopic (exact) mass is 380 g/mol. The van der Waals surface area contributed by atoms with E-state index in [0.717, 1.165) is 69.0 Å². The second-order valence-electron chi connectivity index (χ2n) is 7.83. The number of hydrogen-bond acceptors (Lipinski definition) is 5. The summed E-state index contributed by atoms with van der Waals surface area (Å²) in [4.78, 5) is 26.8. The number of methoxy groups -OCH3 is 1. The second kappa shape index (κ2) is 8.17. The highest BCUT2D eigenvalue weighted by atomic mass is 16.5. The lowest BCUT2D eigenvalue weighted by molar-refractivity contribution is 0.0697. The molecule has 0 bridgehead atoms. The first-order valence-electron chi connectivity index (χ1n) is 10.2. The molecule has 4 rings (SSSR count). The van der Waals surface area contributed by atoms with Crippen molar-refractivity contribution in [2.45, 2.75) is 32.6 Å². The highest BCUT2D eigenvalue weighted by Gasteiger charge is 2.27. The minimum atomic E-state index is 0.0649. The van der Waals surface area contributed by atoms with Crippen LogP contribution >= 0.6 is 0 Å². The number of hydrogen-bond donors (Lipinski definition) is 0. The molecular weight excluding hydrogens is 352 g/mol. The van der Waals surface area contributed by atoms with Crippen LogP contribution in [0.3, 0.4) is 0 Å². The zero-order valence-electron chi connectivity index (χ0n) is 16.7. The first-order valence-corrected chi connectivity index (χ1v) is 10.2. The molecule has 6 heteroatoms. The van der Waals surface area contributed by atoms with Crippen molar-refractivity contribution >= 4 is 11.7 Å². The second-order valence-corrected chi connectivity index (χ2v) is 7.83. The van der Waals surface area contributed by atoms with Crippen molar-refractivity contribution in [2.75, 3.05) is 38.2 Å². The van der Waals surface area contributed by atoms with Gasteiger partial charge in [0.25, 0.3) is 5.91 Å². The van der Waals surface area contributed by atoms with Gasteiger partial charge in [-0.1, -0.05) is 6.92 Å². The topological polar surface area (TPSA) is 58.6 Å². The third-order valence-corrected chi connectivity index (χ3v) is 5.82. The van der Waals surface area contributed by atoms with E-state index in [9.17, 15) is 4.79 Å². The molecular formula is C22H28N4O2. The van der Waals surface area contributed by atoms with E-state index in [2.05, 4.69) is 16.8 Å². The summed E-state index contributed by atoms with van der Waals surface area (Å²) in [6, 6.07) is 7.72. The predicted molar refractivity (Wildman–Crippen MR) is 110 cm³/mol. The lowest BCUT2D eigenvalue weighted by atomic mass is 9.99. The van der Waals surface area contributed by atoms with Gasteiger partial charge in [0.15, 0.2) is 5.82 Å². The minimum Gasteiger partial charge on any atom is -0.497 e. The molecule has 148 valence electrons. The molecule has 28 heavy (non-hydrogen) atoms. The number of nitrogens with zero attached hydrogens (tertiary/aromatic N) is 4. The van der Waals surface area contributed by atoms with Crippen LogP contribution in [-0.2, 0) is 0 Å². The van der Waals surface area contributed by atoms with Crippen LogP contribution in [0.5, 0.6) is 5.75 Å². The fourth-order valence-corrected chi connectivity index (χ4v) is 3.95. The molecule has 2 fully saturated rings. The van der Waals surface area contributed by atoms with Gasteiger partial charge in [-0.15, -0.1) is 0 Å². The van der Waals surface area contributed by atoms with E-state index in [-0.39, 0.29) is 5.91 Å². The molecule has 6 nitrogen and oxygen atoms in total.